The van der Waals surface area contributed by atoms with Crippen LogP contribution in [0.1, 0.15) is 19.3 Å². The van der Waals surface area contributed by atoms with Gasteiger partial charge in [0.1, 0.15) is 5.82 Å². The first-order valence-corrected chi connectivity index (χ1v) is 7.48. The topological polar surface area (TPSA) is 69.6 Å². The molecule has 0 radical (unpaired) electrons. The Morgan fingerprint density at radius 1 is 1.38 bits per heavy atom. The molecule has 0 bridgehead atoms. The molecule has 1 aliphatic rings. The number of aliphatic carboxylic acids is 1. The van der Waals surface area contributed by atoms with Crippen molar-refractivity contribution in [2.24, 2.45) is 5.92 Å². The van der Waals surface area contributed by atoms with Crippen LogP contribution in [-0.2, 0) is 4.79 Å². The van der Waals surface area contributed by atoms with Gasteiger partial charge in [0.05, 0.1) is 5.69 Å². The Labute approximate surface area is 130 Å². The fourth-order valence-corrected chi connectivity index (χ4v) is 2.71. The fourth-order valence-electron chi connectivity index (χ4n) is 2.37. The average molecular weight is 359 g/mol. The van der Waals surface area contributed by atoms with E-state index in [2.05, 4.69) is 21.2 Å². The summed E-state index contributed by atoms with van der Waals surface area (Å²) >= 11 is 3.15. The molecule has 1 aromatic rings. The number of nitrogens with zero attached hydrogens (tertiary/aromatic N) is 1. The van der Waals surface area contributed by atoms with E-state index >= 15 is 0 Å². The first kappa shape index (κ1) is 15.8. The van der Waals surface area contributed by atoms with E-state index in [9.17, 15) is 14.0 Å². The van der Waals surface area contributed by atoms with Crippen LogP contribution in [0.15, 0.2) is 22.7 Å². The predicted octanol–water partition coefficient (Wildman–Crippen LogP) is 3.31. The lowest BCUT2D eigenvalue weighted by Gasteiger charge is -2.31. The van der Waals surface area contributed by atoms with E-state index in [-0.39, 0.29) is 24.1 Å². The Kier molecular flexibility index (Phi) is 5.17. The highest BCUT2D eigenvalue weighted by Gasteiger charge is 2.24. The van der Waals surface area contributed by atoms with Crippen molar-refractivity contribution in [1.82, 2.24) is 4.90 Å². The van der Waals surface area contributed by atoms with Crippen LogP contribution in [0.4, 0.5) is 14.9 Å². The molecular formula is C14H16BrFN2O3. The summed E-state index contributed by atoms with van der Waals surface area (Å²) in [7, 11) is 0. The molecule has 2 amide bonds. The van der Waals surface area contributed by atoms with E-state index in [1.54, 1.807) is 11.0 Å². The lowest BCUT2D eigenvalue weighted by molar-refractivity contribution is -0.138. The van der Waals surface area contributed by atoms with Gasteiger partial charge in [-0.2, -0.15) is 0 Å². The van der Waals surface area contributed by atoms with Crippen molar-refractivity contribution in [3.05, 3.63) is 28.5 Å². The summed E-state index contributed by atoms with van der Waals surface area (Å²) in [5.74, 6) is -1.20. The number of carboxylic acids is 1. The normalized spacial score (nSPS) is 15.8. The molecule has 0 spiro atoms. The number of carbonyl (C=O) groups is 2. The quantitative estimate of drug-likeness (QED) is 0.870. The molecule has 1 aliphatic heterocycles. The summed E-state index contributed by atoms with van der Waals surface area (Å²) in [6.07, 6.45) is 1.45. The van der Waals surface area contributed by atoms with Crippen molar-refractivity contribution in [1.29, 1.82) is 0 Å². The van der Waals surface area contributed by atoms with E-state index in [0.717, 1.165) is 0 Å². The van der Waals surface area contributed by atoms with Crippen molar-refractivity contribution < 1.29 is 19.1 Å². The molecule has 1 heterocycles. The lowest BCUT2D eigenvalue weighted by atomic mass is 9.94. The molecule has 2 rings (SSSR count). The van der Waals surface area contributed by atoms with Gasteiger partial charge >= 0.3 is 12.0 Å². The number of urea groups is 1. The van der Waals surface area contributed by atoms with Gasteiger partial charge in [0.15, 0.2) is 0 Å². The lowest BCUT2D eigenvalue weighted by Crippen LogP contribution is -2.41. The van der Waals surface area contributed by atoms with Gasteiger partial charge in [-0.1, -0.05) is 15.9 Å². The molecule has 21 heavy (non-hydrogen) atoms. The minimum absolute atomic E-state index is 0.107. The standard InChI is InChI=1S/C14H16BrFN2O3/c15-10-1-2-12(11(16)8-10)17-14(21)18-5-3-9(4-6-18)7-13(19)20/h1-2,8-9H,3-7H2,(H,17,21)(H,19,20). The van der Waals surface area contributed by atoms with Crippen molar-refractivity contribution in [3.63, 3.8) is 0 Å². The minimum atomic E-state index is -0.810. The number of nitrogens with one attached hydrogen (secondary N) is 1. The number of carboxylic acid groups (broad SMARTS) is 1. The fraction of sp³-hybridized carbons (Fsp3) is 0.429. The molecular weight excluding hydrogens is 343 g/mol. The predicted molar refractivity (Wildman–Crippen MR) is 79.7 cm³/mol. The molecule has 2 N–H and O–H groups in total. The Morgan fingerprint density at radius 2 is 2.05 bits per heavy atom. The number of halogens is 2. The van der Waals surface area contributed by atoms with Crippen LogP contribution in [-0.4, -0.2) is 35.1 Å². The number of benzene rings is 1. The smallest absolute Gasteiger partial charge is 0.321 e. The number of likely N-dealkylation sites (tertiary alicyclic amines) is 1. The van der Waals surface area contributed by atoms with Gasteiger partial charge in [-0.3, -0.25) is 4.79 Å². The number of rotatable bonds is 3. The third-order valence-electron chi connectivity index (χ3n) is 3.54. The summed E-state index contributed by atoms with van der Waals surface area (Å²) in [4.78, 5) is 24.3. The Morgan fingerprint density at radius 3 is 2.62 bits per heavy atom. The van der Waals surface area contributed by atoms with Crippen LogP contribution < -0.4 is 5.32 Å². The largest absolute Gasteiger partial charge is 0.481 e. The average Bonchev–Trinajstić information content (AvgIpc) is 2.42. The first-order chi connectivity index (χ1) is 9.95. The first-order valence-electron chi connectivity index (χ1n) is 6.68. The SMILES string of the molecule is O=C(O)CC1CCN(C(=O)Nc2ccc(Br)cc2F)CC1. The van der Waals surface area contributed by atoms with Gasteiger partial charge in [-0.15, -0.1) is 0 Å². The highest BCUT2D eigenvalue weighted by atomic mass is 79.9. The minimum Gasteiger partial charge on any atom is -0.481 e. The highest BCUT2D eigenvalue weighted by Crippen LogP contribution is 2.23. The summed E-state index contributed by atoms with van der Waals surface area (Å²) in [6.45, 7) is 0.976. The maximum atomic E-state index is 13.7. The molecule has 7 heteroatoms. The van der Waals surface area contributed by atoms with Gasteiger partial charge in [0.25, 0.3) is 0 Å². The zero-order valence-corrected chi connectivity index (χ0v) is 12.9. The summed E-state index contributed by atoms with van der Waals surface area (Å²) in [5.41, 5.74) is 0.135. The van der Waals surface area contributed by atoms with Crippen LogP contribution in [0.5, 0.6) is 0 Å². The molecule has 5 nitrogen and oxygen atoms in total. The highest BCUT2D eigenvalue weighted by molar-refractivity contribution is 9.10. The number of hydrogen-bond donors (Lipinski definition) is 2. The molecule has 1 saturated heterocycles. The molecule has 0 atom stereocenters. The summed E-state index contributed by atoms with van der Waals surface area (Å²) in [6, 6.07) is 4.08. The number of amides is 2. The second-order valence-corrected chi connectivity index (χ2v) is 6.00. The third-order valence-corrected chi connectivity index (χ3v) is 4.03. The van der Waals surface area contributed by atoms with Crippen LogP contribution in [0.25, 0.3) is 0 Å². The summed E-state index contributed by atoms with van der Waals surface area (Å²) < 4.78 is 14.3. The van der Waals surface area contributed by atoms with Gasteiger partial charge in [0.2, 0.25) is 0 Å². The number of anilines is 1. The second-order valence-electron chi connectivity index (χ2n) is 5.08. The van der Waals surface area contributed by atoms with Crippen LogP contribution in [0, 0.1) is 11.7 Å². The monoisotopic (exact) mass is 358 g/mol. The van der Waals surface area contributed by atoms with Gasteiger partial charge in [-0.05, 0) is 37.0 Å². The van der Waals surface area contributed by atoms with Gasteiger partial charge in [-0.25, -0.2) is 9.18 Å². The van der Waals surface area contributed by atoms with Crippen LogP contribution in [0.2, 0.25) is 0 Å². The number of carbonyl (C=O) groups excluding carboxylic acids is 1. The Bertz CT molecular complexity index is 545. The van der Waals surface area contributed by atoms with E-state index in [0.29, 0.717) is 30.4 Å². The molecule has 0 aromatic heterocycles. The molecule has 114 valence electrons. The van der Waals surface area contributed by atoms with Crippen molar-refractivity contribution in [3.8, 4) is 0 Å². The Balaban J connectivity index is 1.89. The van der Waals surface area contributed by atoms with E-state index in [1.807, 2.05) is 0 Å². The third kappa shape index (κ3) is 4.42. The maximum Gasteiger partial charge on any atom is 0.321 e. The van der Waals surface area contributed by atoms with Crippen molar-refractivity contribution in [2.45, 2.75) is 19.3 Å². The number of hydrogen-bond acceptors (Lipinski definition) is 2. The van der Waals surface area contributed by atoms with E-state index in [4.69, 9.17) is 5.11 Å². The van der Waals surface area contributed by atoms with Crippen LogP contribution >= 0.6 is 15.9 Å². The Hall–Kier alpha value is -1.63. The molecule has 1 fully saturated rings. The zero-order chi connectivity index (χ0) is 15.4. The maximum absolute atomic E-state index is 13.7. The second kappa shape index (κ2) is 6.89. The van der Waals surface area contributed by atoms with E-state index < -0.39 is 11.8 Å². The van der Waals surface area contributed by atoms with Crippen molar-refractivity contribution in [2.75, 3.05) is 18.4 Å². The van der Waals surface area contributed by atoms with E-state index in [1.165, 1.54) is 12.1 Å². The molecule has 0 aliphatic carbocycles. The molecule has 0 saturated carbocycles. The van der Waals surface area contributed by atoms with Gasteiger partial charge < -0.3 is 15.3 Å². The molecule has 0 unspecified atom stereocenters. The zero-order valence-electron chi connectivity index (χ0n) is 11.3. The van der Waals surface area contributed by atoms with Gasteiger partial charge in [0, 0.05) is 24.0 Å². The number of piperidine rings is 1. The van der Waals surface area contributed by atoms with Crippen LogP contribution in [0.3, 0.4) is 0 Å². The molecule has 1 aromatic carbocycles. The van der Waals surface area contributed by atoms with Crippen molar-refractivity contribution >= 4 is 33.6 Å². The summed E-state index contributed by atoms with van der Waals surface area (Å²) in [5, 5.41) is 11.3.